The van der Waals surface area contributed by atoms with Crippen molar-refractivity contribution in [2.75, 3.05) is 12.4 Å². The molecule has 0 aliphatic heterocycles. The highest BCUT2D eigenvalue weighted by Crippen LogP contribution is 2.27. The molecule has 1 amide bonds. The molecule has 0 fully saturated rings. The average molecular weight is 422 g/mol. The molecule has 30 heavy (non-hydrogen) atoms. The van der Waals surface area contributed by atoms with Crippen molar-refractivity contribution in [2.24, 2.45) is 0 Å². The Labute approximate surface area is 178 Å². The number of amides is 1. The fraction of sp³-hybridized carbons (Fsp3) is 0.130. The van der Waals surface area contributed by atoms with Crippen LogP contribution in [0.4, 0.5) is 5.69 Å². The summed E-state index contributed by atoms with van der Waals surface area (Å²) in [6.07, 6.45) is 3.52. The second-order valence-corrected chi connectivity index (χ2v) is 7.31. The predicted molar refractivity (Wildman–Crippen MR) is 118 cm³/mol. The summed E-state index contributed by atoms with van der Waals surface area (Å²) in [7, 11) is 1.51. The smallest absolute Gasteiger partial charge is 0.275 e. The minimum atomic E-state index is -0.349. The molecule has 152 valence electrons. The Morgan fingerprint density at radius 3 is 2.50 bits per heavy atom. The second kappa shape index (κ2) is 8.47. The molecule has 4 rings (SSSR count). The van der Waals surface area contributed by atoms with E-state index in [1.165, 1.54) is 11.7 Å². The summed E-state index contributed by atoms with van der Waals surface area (Å²) in [5.74, 6) is 0.144. The van der Waals surface area contributed by atoms with Crippen molar-refractivity contribution in [3.8, 4) is 5.75 Å². The van der Waals surface area contributed by atoms with Crippen LogP contribution in [0.15, 0.2) is 77.9 Å². The lowest BCUT2D eigenvalue weighted by Crippen LogP contribution is -2.28. The Kier molecular flexibility index (Phi) is 5.59. The van der Waals surface area contributed by atoms with Crippen LogP contribution in [0.5, 0.6) is 5.75 Å². The van der Waals surface area contributed by atoms with E-state index in [2.05, 4.69) is 5.32 Å². The molecule has 6 nitrogen and oxygen atoms in total. The first kappa shape index (κ1) is 19.8. The number of carbonyl (C=O) groups excluding carboxylic acids is 1. The molecule has 0 bridgehead atoms. The van der Waals surface area contributed by atoms with Gasteiger partial charge >= 0.3 is 0 Å². The van der Waals surface area contributed by atoms with E-state index >= 15 is 0 Å². The van der Waals surface area contributed by atoms with E-state index in [9.17, 15) is 9.59 Å². The molecule has 0 aliphatic rings. The molecular weight excluding hydrogens is 402 g/mol. The van der Waals surface area contributed by atoms with Gasteiger partial charge in [0.05, 0.1) is 12.8 Å². The molecule has 4 aromatic rings. The van der Waals surface area contributed by atoms with Gasteiger partial charge in [-0.05, 0) is 35.9 Å². The van der Waals surface area contributed by atoms with Gasteiger partial charge in [0, 0.05) is 29.3 Å². The zero-order chi connectivity index (χ0) is 21.1. The lowest BCUT2D eigenvalue weighted by atomic mass is 10.2. The minimum absolute atomic E-state index is 0.124. The average Bonchev–Trinajstić information content (AvgIpc) is 3.14. The van der Waals surface area contributed by atoms with Crippen LogP contribution in [0.25, 0.3) is 10.9 Å². The van der Waals surface area contributed by atoms with E-state index < -0.39 is 0 Å². The molecule has 0 unspecified atom stereocenters. The van der Waals surface area contributed by atoms with E-state index in [0.717, 1.165) is 10.9 Å². The summed E-state index contributed by atoms with van der Waals surface area (Å²) >= 11 is 6.01. The lowest BCUT2D eigenvalue weighted by molar-refractivity contribution is -0.116. The Hall–Kier alpha value is -3.51. The number of pyridine rings is 1. The third kappa shape index (κ3) is 4.09. The number of nitrogens with zero attached hydrogens (tertiary/aromatic N) is 2. The molecule has 0 aliphatic carbocycles. The Morgan fingerprint density at radius 2 is 1.77 bits per heavy atom. The third-order valence-corrected chi connectivity index (χ3v) is 5.07. The fourth-order valence-electron chi connectivity index (χ4n) is 3.40. The maximum absolute atomic E-state index is 13.1. The van der Waals surface area contributed by atoms with Gasteiger partial charge in [0.1, 0.15) is 17.8 Å². The first-order valence-corrected chi connectivity index (χ1v) is 9.78. The molecule has 0 saturated heterocycles. The van der Waals surface area contributed by atoms with Gasteiger partial charge in [0.15, 0.2) is 0 Å². The summed E-state index contributed by atoms with van der Waals surface area (Å²) in [5.41, 5.74) is 1.89. The van der Waals surface area contributed by atoms with Crippen molar-refractivity contribution in [1.82, 2.24) is 9.13 Å². The van der Waals surface area contributed by atoms with Crippen molar-refractivity contribution in [1.29, 1.82) is 0 Å². The van der Waals surface area contributed by atoms with Crippen LogP contribution in [0.2, 0.25) is 5.02 Å². The van der Waals surface area contributed by atoms with Crippen LogP contribution in [0.1, 0.15) is 5.56 Å². The van der Waals surface area contributed by atoms with E-state index in [1.807, 2.05) is 53.2 Å². The standard InChI is InChI=1S/C23H20ClN3O3/c1-30-20-8-7-18(24)13-19(20)25-21(28)15-27-12-10-17-9-11-26(22(17)23(27)29)14-16-5-3-2-4-6-16/h2-13H,14-15H2,1H3,(H,25,28). The zero-order valence-corrected chi connectivity index (χ0v) is 17.1. The highest BCUT2D eigenvalue weighted by atomic mass is 35.5. The normalized spacial score (nSPS) is 10.9. The summed E-state index contributed by atoms with van der Waals surface area (Å²) in [4.78, 5) is 25.7. The van der Waals surface area contributed by atoms with Crippen LogP contribution in [0.3, 0.4) is 0 Å². The van der Waals surface area contributed by atoms with Crippen LogP contribution in [-0.2, 0) is 17.9 Å². The molecule has 0 atom stereocenters. The van der Waals surface area contributed by atoms with Crippen molar-refractivity contribution >= 4 is 34.1 Å². The molecule has 1 N–H and O–H groups in total. The third-order valence-electron chi connectivity index (χ3n) is 4.84. The Bertz CT molecular complexity index is 1260. The topological polar surface area (TPSA) is 65.3 Å². The van der Waals surface area contributed by atoms with Crippen molar-refractivity contribution < 1.29 is 9.53 Å². The number of methoxy groups -OCH3 is 1. The van der Waals surface area contributed by atoms with Crippen molar-refractivity contribution in [3.05, 3.63) is 94.0 Å². The number of rotatable bonds is 6. The molecule has 2 aromatic heterocycles. The SMILES string of the molecule is COc1ccc(Cl)cc1NC(=O)Cn1ccc2ccn(Cc3ccccc3)c2c1=O. The number of anilines is 1. The van der Waals surface area contributed by atoms with Crippen LogP contribution >= 0.6 is 11.6 Å². The van der Waals surface area contributed by atoms with Gasteiger partial charge in [-0.25, -0.2) is 0 Å². The Morgan fingerprint density at radius 1 is 1.03 bits per heavy atom. The number of carbonyl (C=O) groups is 1. The van der Waals surface area contributed by atoms with Crippen molar-refractivity contribution in [2.45, 2.75) is 13.1 Å². The molecule has 0 saturated carbocycles. The van der Waals surface area contributed by atoms with E-state index in [4.69, 9.17) is 16.3 Å². The molecule has 2 aromatic carbocycles. The monoisotopic (exact) mass is 421 g/mol. The predicted octanol–water partition coefficient (Wildman–Crippen LogP) is 4.15. The first-order valence-electron chi connectivity index (χ1n) is 9.41. The van der Waals surface area contributed by atoms with Gasteiger partial charge in [0.25, 0.3) is 5.56 Å². The molecule has 0 radical (unpaired) electrons. The zero-order valence-electron chi connectivity index (χ0n) is 16.3. The number of fused-ring (bicyclic) bond motifs is 1. The molecule has 2 heterocycles. The highest BCUT2D eigenvalue weighted by molar-refractivity contribution is 6.31. The van der Waals surface area contributed by atoms with E-state index in [0.29, 0.717) is 28.5 Å². The van der Waals surface area contributed by atoms with Crippen LogP contribution < -0.4 is 15.6 Å². The molecule has 7 heteroatoms. The van der Waals surface area contributed by atoms with Gasteiger partial charge < -0.3 is 19.2 Å². The van der Waals surface area contributed by atoms with Crippen LogP contribution in [0, 0.1) is 0 Å². The summed E-state index contributed by atoms with van der Waals surface area (Å²) < 4.78 is 8.55. The second-order valence-electron chi connectivity index (χ2n) is 6.87. The quantitative estimate of drug-likeness (QED) is 0.508. The maximum Gasteiger partial charge on any atom is 0.275 e. The van der Waals surface area contributed by atoms with Gasteiger partial charge in [-0.1, -0.05) is 41.9 Å². The summed E-state index contributed by atoms with van der Waals surface area (Å²) in [6, 6.07) is 18.6. The fourth-order valence-corrected chi connectivity index (χ4v) is 3.58. The van der Waals surface area contributed by atoms with Crippen LogP contribution in [-0.4, -0.2) is 22.2 Å². The highest BCUT2D eigenvalue weighted by Gasteiger charge is 2.13. The minimum Gasteiger partial charge on any atom is -0.495 e. The maximum atomic E-state index is 13.1. The molecule has 0 spiro atoms. The lowest BCUT2D eigenvalue weighted by Gasteiger charge is -2.12. The number of benzene rings is 2. The van der Waals surface area contributed by atoms with Crippen molar-refractivity contribution in [3.63, 3.8) is 0 Å². The number of aromatic nitrogens is 2. The molecular formula is C23H20ClN3O3. The van der Waals surface area contributed by atoms with Gasteiger partial charge in [-0.2, -0.15) is 0 Å². The number of hydrogen-bond donors (Lipinski definition) is 1. The number of nitrogens with one attached hydrogen (secondary N) is 1. The van der Waals surface area contributed by atoms with E-state index in [-0.39, 0.29) is 18.0 Å². The summed E-state index contributed by atoms with van der Waals surface area (Å²) in [5, 5.41) is 4.07. The summed E-state index contributed by atoms with van der Waals surface area (Å²) in [6.45, 7) is 0.455. The number of halogens is 1. The van der Waals surface area contributed by atoms with Gasteiger partial charge in [0.2, 0.25) is 5.91 Å². The van der Waals surface area contributed by atoms with Gasteiger partial charge in [-0.15, -0.1) is 0 Å². The first-order chi connectivity index (χ1) is 14.5. The Balaban J connectivity index is 1.60. The number of hydrogen-bond acceptors (Lipinski definition) is 3. The van der Waals surface area contributed by atoms with Gasteiger partial charge in [-0.3, -0.25) is 9.59 Å². The largest absolute Gasteiger partial charge is 0.495 e. The number of ether oxygens (including phenoxy) is 1. The van der Waals surface area contributed by atoms with E-state index in [1.54, 1.807) is 24.4 Å².